The second-order valence-electron chi connectivity index (χ2n) is 6.98. The number of nitrogens with zero attached hydrogens (tertiary/aromatic N) is 2. The van der Waals surface area contributed by atoms with Crippen molar-refractivity contribution in [2.45, 2.75) is 37.6 Å². The van der Waals surface area contributed by atoms with E-state index in [4.69, 9.17) is 0 Å². The molecule has 0 saturated carbocycles. The Balaban J connectivity index is 1.84. The summed E-state index contributed by atoms with van der Waals surface area (Å²) < 4.78 is 26.0. The predicted octanol–water partition coefficient (Wildman–Crippen LogP) is 1.54. The van der Waals surface area contributed by atoms with E-state index < -0.39 is 10.0 Å². The van der Waals surface area contributed by atoms with Crippen LogP contribution in [0.5, 0.6) is 0 Å². The third-order valence-corrected chi connectivity index (χ3v) is 6.50. The molecule has 0 unspecified atom stereocenters. The summed E-state index contributed by atoms with van der Waals surface area (Å²) in [4.78, 5) is 14.8. The van der Waals surface area contributed by atoms with Gasteiger partial charge in [-0.25, -0.2) is 8.42 Å². The summed E-state index contributed by atoms with van der Waals surface area (Å²) in [7, 11) is -2.20. The number of hydrogen-bond acceptors (Lipinski definition) is 4. The second-order valence-corrected chi connectivity index (χ2v) is 9.02. The van der Waals surface area contributed by atoms with E-state index in [1.54, 1.807) is 18.2 Å². The summed E-state index contributed by atoms with van der Waals surface area (Å²) in [5.41, 5.74) is 0. The molecule has 7 heteroatoms. The third kappa shape index (κ3) is 5.52. The fourth-order valence-electron chi connectivity index (χ4n) is 3.11. The minimum atomic E-state index is -3.63. The average molecular weight is 368 g/mol. The Morgan fingerprint density at radius 3 is 2.64 bits per heavy atom. The zero-order valence-corrected chi connectivity index (χ0v) is 16.1. The van der Waals surface area contributed by atoms with Crippen LogP contribution in [0, 0.1) is 5.92 Å². The summed E-state index contributed by atoms with van der Waals surface area (Å²) in [6.07, 6.45) is 2.24. The molecule has 1 aromatic carbocycles. The van der Waals surface area contributed by atoms with Gasteiger partial charge in [-0.3, -0.25) is 4.79 Å². The molecule has 25 heavy (non-hydrogen) atoms. The first-order valence-corrected chi connectivity index (χ1v) is 10.3. The number of piperidine rings is 1. The summed E-state index contributed by atoms with van der Waals surface area (Å²) in [6, 6.07) is 8.68. The molecule has 1 atom stereocenters. The molecular weight excluding hydrogens is 338 g/mol. The van der Waals surface area contributed by atoms with Crippen molar-refractivity contribution in [1.29, 1.82) is 0 Å². The lowest BCUT2D eigenvalue weighted by atomic mass is 9.97. The number of carbonyl (C=O) groups is 1. The van der Waals surface area contributed by atoms with Crippen LogP contribution in [-0.4, -0.2) is 62.8 Å². The van der Waals surface area contributed by atoms with Crippen molar-refractivity contribution >= 4 is 15.9 Å². The van der Waals surface area contributed by atoms with Gasteiger partial charge in [-0.2, -0.15) is 4.31 Å². The van der Waals surface area contributed by atoms with E-state index >= 15 is 0 Å². The molecule has 1 aromatic rings. The Morgan fingerprint density at radius 1 is 1.32 bits per heavy atom. The standard InChI is InChI=1S/C18H29N3O3S/c1-15(2)21-11-7-8-16(13-21)12-19-18(22)14-20(3)25(23,24)17-9-5-4-6-10-17/h4-6,9-10,15-16H,7-8,11-14H2,1-3H3,(H,19,22)/t16-/m1/s1. The smallest absolute Gasteiger partial charge is 0.243 e. The number of sulfonamides is 1. The van der Waals surface area contributed by atoms with Gasteiger partial charge in [0.05, 0.1) is 11.4 Å². The molecule has 2 rings (SSSR count). The van der Waals surface area contributed by atoms with Crippen molar-refractivity contribution in [2.24, 2.45) is 5.92 Å². The number of likely N-dealkylation sites (N-methyl/N-ethyl adjacent to an activating group) is 1. The molecule has 1 heterocycles. The maximum Gasteiger partial charge on any atom is 0.243 e. The maximum atomic E-state index is 12.4. The third-order valence-electron chi connectivity index (χ3n) is 4.69. The van der Waals surface area contributed by atoms with Gasteiger partial charge in [0.15, 0.2) is 0 Å². The van der Waals surface area contributed by atoms with Crippen molar-refractivity contribution in [2.75, 3.05) is 33.2 Å². The van der Waals surface area contributed by atoms with E-state index in [0.29, 0.717) is 18.5 Å². The van der Waals surface area contributed by atoms with Crippen LogP contribution in [0.4, 0.5) is 0 Å². The number of benzene rings is 1. The van der Waals surface area contributed by atoms with Crippen LogP contribution in [0.25, 0.3) is 0 Å². The summed E-state index contributed by atoms with van der Waals surface area (Å²) >= 11 is 0. The number of rotatable bonds is 7. The number of likely N-dealkylation sites (tertiary alicyclic amines) is 1. The molecule has 0 radical (unpaired) electrons. The number of hydrogen-bond donors (Lipinski definition) is 1. The molecule has 1 aliphatic rings. The minimum absolute atomic E-state index is 0.169. The van der Waals surface area contributed by atoms with Gasteiger partial charge in [0.25, 0.3) is 0 Å². The molecule has 1 aliphatic heterocycles. The molecule has 1 fully saturated rings. The molecule has 0 aromatic heterocycles. The average Bonchev–Trinajstić information content (AvgIpc) is 2.61. The second kappa shape index (κ2) is 8.78. The van der Waals surface area contributed by atoms with Gasteiger partial charge in [-0.15, -0.1) is 0 Å². The highest BCUT2D eigenvalue weighted by molar-refractivity contribution is 7.89. The van der Waals surface area contributed by atoms with Gasteiger partial charge in [-0.1, -0.05) is 18.2 Å². The maximum absolute atomic E-state index is 12.4. The highest BCUT2D eigenvalue weighted by atomic mass is 32.2. The van der Waals surface area contributed by atoms with Crippen molar-refractivity contribution in [1.82, 2.24) is 14.5 Å². The van der Waals surface area contributed by atoms with E-state index in [-0.39, 0.29) is 17.3 Å². The molecule has 0 bridgehead atoms. The molecule has 140 valence electrons. The highest BCUT2D eigenvalue weighted by Gasteiger charge is 2.24. The van der Waals surface area contributed by atoms with E-state index in [1.807, 2.05) is 0 Å². The van der Waals surface area contributed by atoms with E-state index in [1.165, 1.54) is 19.2 Å². The molecule has 1 N–H and O–H groups in total. The Hall–Kier alpha value is -1.44. The number of carbonyl (C=O) groups excluding carboxylic acids is 1. The first-order valence-electron chi connectivity index (χ1n) is 8.83. The summed E-state index contributed by atoms with van der Waals surface area (Å²) in [5.74, 6) is 0.166. The largest absolute Gasteiger partial charge is 0.355 e. The Bertz CT molecular complexity index is 661. The Labute approximate surface area is 151 Å². The zero-order chi connectivity index (χ0) is 18.4. The zero-order valence-electron chi connectivity index (χ0n) is 15.3. The highest BCUT2D eigenvalue weighted by Crippen LogP contribution is 2.18. The number of amides is 1. The lowest BCUT2D eigenvalue weighted by molar-refractivity contribution is -0.121. The van der Waals surface area contributed by atoms with Crippen LogP contribution in [0.3, 0.4) is 0 Å². The first kappa shape index (κ1) is 19.9. The first-order chi connectivity index (χ1) is 11.8. The lowest BCUT2D eigenvalue weighted by Crippen LogP contribution is -2.45. The van der Waals surface area contributed by atoms with Crippen molar-refractivity contribution in [3.8, 4) is 0 Å². The molecule has 0 spiro atoms. The molecule has 0 aliphatic carbocycles. The lowest BCUT2D eigenvalue weighted by Gasteiger charge is -2.35. The predicted molar refractivity (Wildman–Crippen MR) is 98.7 cm³/mol. The molecule has 6 nitrogen and oxygen atoms in total. The van der Waals surface area contributed by atoms with Gasteiger partial charge < -0.3 is 10.2 Å². The Kier molecular flexibility index (Phi) is 6.98. The molecular formula is C18H29N3O3S. The normalized spacial score (nSPS) is 19.3. The van der Waals surface area contributed by atoms with Gasteiger partial charge >= 0.3 is 0 Å². The van der Waals surface area contributed by atoms with Crippen LogP contribution < -0.4 is 5.32 Å². The number of nitrogens with one attached hydrogen (secondary N) is 1. The van der Waals surface area contributed by atoms with Crippen LogP contribution in [-0.2, 0) is 14.8 Å². The van der Waals surface area contributed by atoms with Gasteiger partial charge in [0, 0.05) is 26.2 Å². The van der Waals surface area contributed by atoms with Crippen LogP contribution >= 0.6 is 0 Å². The quantitative estimate of drug-likeness (QED) is 0.794. The molecule has 1 saturated heterocycles. The summed E-state index contributed by atoms with van der Waals surface area (Å²) in [5, 5.41) is 2.89. The van der Waals surface area contributed by atoms with Gasteiger partial charge in [-0.05, 0) is 51.3 Å². The van der Waals surface area contributed by atoms with E-state index in [9.17, 15) is 13.2 Å². The SMILES string of the molecule is CC(C)N1CCC[C@H](CNC(=O)CN(C)S(=O)(=O)c2ccccc2)C1. The van der Waals surface area contributed by atoms with Gasteiger partial charge in [0.1, 0.15) is 0 Å². The van der Waals surface area contributed by atoms with Crippen LogP contribution in [0.1, 0.15) is 26.7 Å². The fraction of sp³-hybridized carbons (Fsp3) is 0.611. The summed E-state index contributed by atoms with van der Waals surface area (Å²) in [6.45, 7) is 6.89. The van der Waals surface area contributed by atoms with Gasteiger partial charge in [0.2, 0.25) is 15.9 Å². The van der Waals surface area contributed by atoms with E-state index in [0.717, 1.165) is 30.2 Å². The van der Waals surface area contributed by atoms with Crippen molar-refractivity contribution < 1.29 is 13.2 Å². The fourth-order valence-corrected chi connectivity index (χ4v) is 4.25. The molecule has 1 amide bonds. The van der Waals surface area contributed by atoms with Crippen LogP contribution in [0.2, 0.25) is 0 Å². The topological polar surface area (TPSA) is 69.7 Å². The Morgan fingerprint density at radius 2 is 2.00 bits per heavy atom. The van der Waals surface area contributed by atoms with E-state index in [2.05, 4.69) is 24.1 Å². The minimum Gasteiger partial charge on any atom is -0.355 e. The van der Waals surface area contributed by atoms with Crippen molar-refractivity contribution in [3.05, 3.63) is 30.3 Å². The van der Waals surface area contributed by atoms with Crippen molar-refractivity contribution in [3.63, 3.8) is 0 Å². The van der Waals surface area contributed by atoms with Crippen LogP contribution in [0.15, 0.2) is 35.2 Å². The monoisotopic (exact) mass is 367 g/mol.